The number of carbonyl (C=O) groups excluding carboxylic acids is 1. The Labute approximate surface area is 120 Å². The van der Waals surface area contributed by atoms with Crippen LogP contribution in [0.1, 0.15) is 27.4 Å². The molecule has 5 heteroatoms. The predicted octanol–water partition coefficient (Wildman–Crippen LogP) is 3.33. The molecule has 4 nitrogen and oxygen atoms in total. The number of benzene rings is 1. The van der Waals surface area contributed by atoms with Gasteiger partial charge in [0, 0.05) is 23.2 Å². The van der Waals surface area contributed by atoms with E-state index in [9.17, 15) is 4.79 Å². The molecule has 0 aliphatic carbocycles. The standard InChI is InChI=1S/C14H15BrN2O2/c1-9-7-11(16-19-9)8-17(3)14(18)12-5-4-6-13(15)10(12)2/h4-7H,8H2,1-3H3. The first-order chi connectivity index (χ1) is 8.99. The molecular weight excluding hydrogens is 308 g/mol. The quantitative estimate of drug-likeness (QED) is 0.870. The van der Waals surface area contributed by atoms with E-state index in [1.165, 1.54) is 0 Å². The Morgan fingerprint density at radius 3 is 2.79 bits per heavy atom. The second kappa shape index (κ2) is 5.57. The fourth-order valence-electron chi connectivity index (χ4n) is 1.85. The lowest BCUT2D eigenvalue weighted by atomic mass is 10.1. The zero-order valence-corrected chi connectivity index (χ0v) is 12.7. The Hall–Kier alpha value is -1.62. The van der Waals surface area contributed by atoms with Crippen LogP contribution in [-0.2, 0) is 6.54 Å². The summed E-state index contributed by atoms with van der Waals surface area (Å²) in [5.41, 5.74) is 2.38. The molecule has 0 aliphatic rings. The minimum Gasteiger partial charge on any atom is -0.361 e. The highest BCUT2D eigenvalue weighted by atomic mass is 79.9. The zero-order valence-electron chi connectivity index (χ0n) is 11.1. The second-order valence-corrected chi connectivity index (χ2v) is 5.36. The average molecular weight is 323 g/mol. The van der Waals surface area contributed by atoms with Crippen molar-refractivity contribution in [1.82, 2.24) is 10.1 Å². The summed E-state index contributed by atoms with van der Waals surface area (Å²) in [6.45, 7) is 4.18. The van der Waals surface area contributed by atoms with Gasteiger partial charge in [0.1, 0.15) is 11.5 Å². The van der Waals surface area contributed by atoms with Gasteiger partial charge in [-0.1, -0.05) is 27.2 Å². The highest BCUT2D eigenvalue weighted by molar-refractivity contribution is 9.10. The van der Waals surface area contributed by atoms with Gasteiger partial charge in [-0.3, -0.25) is 4.79 Å². The van der Waals surface area contributed by atoms with E-state index in [2.05, 4.69) is 21.1 Å². The monoisotopic (exact) mass is 322 g/mol. The molecule has 2 rings (SSSR count). The lowest BCUT2D eigenvalue weighted by Gasteiger charge is -2.17. The second-order valence-electron chi connectivity index (χ2n) is 4.50. The molecule has 0 bridgehead atoms. The summed E-state index contributed by atoms with van der Waals surface area (Å²) in [5, 5.41) is 3.89. The third-order valence-electron chi connectivity index (χ3n) is 2.92. The van der Waals surface area contributed by atoms with Crippen molar-refractivity contribution >= 4 is 21.8 Å². The Bertz CT molecular complexity index is 607. The minimum absolute atomic E-state index is 0.0283. The SMILES string of the molecule is Cc1cc(CN(C)C(=O)c2cccc(Br)c2C)no1. The van der Waals surface area contributed by atoms with Gasteiger partial charge in [0.05, 0.1) is 6.54 Å². The molecule has 0 atom stereocenters. The molecule has 0 N–H and O–H groups in total. The first kappa shape index (κ1) is 13.8. The van der Waals surface area contributed by atoms with Crippen LogP contribution in [0, 0.1) is 13.8 Å². The van der Waals surface area contributed by atoms with E-state index < -0.39 is 0 Å². The van der Waals surface area contributed by atoms with Gasteiger partial charge >= 0.3 is 0 Å². The molecule has 1 heterocycles. The van der Waals surface area contributed by atoms with Crippen molar-refractivity contribution in [2.45, 2.75) is 20.4 Å². The topological polar surface area (TPSA) is 46.3 Å². The fourth-order valence-corrected chi connectivity index (χ4v) is 2.22. The normalized spacial score (nSPS) is 10.5. The third kappa shape index (κ3) is 3.04. The summed E-state index contributed by atoms with van der Waals surface area (Å²) < 4.78 is 5.93. The number of hydrogen-bond donors (Lipinski definition) is 0. The average Bonchev–Trinajstić information content (AvgIpc) is 2.77. The Morgan fingerprint density at radius 2 is 2.16 bits per heavy atom. The highest BCUT2D eigenvalue weighted by Crippen LogP contribution is 2.21. The number of nitrogens with zero attached hydrogens (tertiary/aromatic N) is 2. The molecule has 1 aromatic carbocycles. The highest BCUT2D eigenvalue weighted by Gasteiger charge is 2.16. The third-order valence-corrected chi connectivity index (χ3v) is 3.78. The molecule has 0 unspecified atom stereocenters. The van der Waals surface area contributed by atoms with E-state index in [-0.39, 0.29) is 5.91 Å². The maximum atomic E-state index is 12.4. The van der Waals surface area contributed by atoms with Gasteiger partial charge in [-0.05, 0) is 31.5 Å². The lowest BCUT2D eigenvalue weighted by molar-refractivity contribution is 0.0781. The van der Waals surface area contributed by atoms with Crippen LogP contribution < -0.4 is 0 Å². The summed E-state index contributed by atoms with van der Waals surface area (Å²) in [4.78, 5) is 14.0. The Morgan fingerprint density at radius 1 is 1.42 bits per heavy atom. The van der Waals surface area contributed by atoms with Crippen LogP contribution in [0.2, 0.25) is 0 Å². The minimum atomic E-state index is -0.0283. The van der Waals surface area contributed by atoms with Crippen molar-refractivity contribution in [1.29, 1.82) is 0 Å². The van der Waals surface area contributed by atoms with Crippen molar-refractivity contribution in [2.75, 3.05) is 7.05 Å². The number of amides is 1. The van der Waals surface area contributed by atoms with E-state index in [1.54, 1.807) is 11.9 Å². The fraction of sp³-hybridized carbons (Fsp3) is 0.286. The molecule has 0 radical (unpaired) electrons. The van der Waals surface area contributed by atoms with Crippen LogP contribution in [0.5, 0.6) is 0 Å². The molecular formula is C14H15BrN2O2. The smallest absolute Gasteiger partial charge is 0.254 e. The van der Waals surface area contributed by atoms with Crippen LogP contribution in [0.3, 0.4) is 0 Å². The maximum absolute atomic E-state index is 12.4. The number of halogens is 1. The summed E-state index contributed by atoms with van der Waals surface area (Å²) in [6, 6.07) is 7.44. The Kier molecular flexibility index (Phi) is 4.04. The molecule has 0 fully saturated rings. The van der Waals surface area contributed by atoms with Crippen LogP contribution in [-0.4, -0.2) is 23.0 Å². The Balaban J connectivity index is 2.17. The molecule has 0 aliphatic heterocycles. The molecule has 0 spiro atoms. The molecule has 0 saturated heterocycles. The van der Waals surface area contributed by atoms with Crippen LogP contribution in [0.25, 0.3) is 0 Å². The van der Waals surface area contributed by atoms with E-state index in [0.717, 1.165) is 21.5 Å². The van der Waals surface area contributed by atoms with E-state index in [1.807, 2.05) is 38.1 Å². The molecule has 19 heavy (non-hydrogen) atoms. The molecule has 0 saturated carbocycles. The first-order valence-electron chi connectivity index (χ1n) is 5.92. The molecule has 1 aromatic heterocycles. The maximum Gasteiger partial charge on any atom is 0.254 e. The van der Waals surface area contributed by atoms with Gasteiger partial charge in [0.25, 0.3) is 5.91 Å². The largest absolute Gasteiger partial charge is 0.361 e. The molecule has 2 aromatic rings. The van der Waals surface area contributed by atoms with Crippen molar-refractivity contribution in [3.05, 3.63) is 51.3 Å². The number of carbonyl (C=O) groups is 1. The van der Waals surface area contributed by atoms with Gasteiger partial charge in [-0.2, -0.15) is 0 Å². The summed E-state index contributed by atoms with van der Waals surface area (Å²) in [6.07, 6.45) is 0. The first-order valence-corrected chi connectivity index (χ1v) is 6.71. The summed E-state index contributed by atoms with van der Waals surface area (Å²) in [5.74, 6) is 0.717. The van der Waals surface area contributed by atoms with Crippen LogP contribution in [0.4, 0.5) is 0 Å². The number of aryl methyl sites for hydroxylation is 1. The predicted molar refractivity (Wildman–Crippen MR) is 75.9 cm³/mol. The van der Waals surface area contributed by atoms with Gasteiger partial charge in [0.15, 0.2) is 0 Å². The van der Waals surface area contributed by atoms with Crippen molar-refractivity contribution in [3.8, 4) is 0 Å². The number of hydrogen-bond acceptors (Lipinski definition) is 3. The van der Waals surface area contributed by atoms with Crippen LogP contribution >= 0.6 is 15.9 Å². The van der Waals surface area contributed by atoms with E-state index >= 15 is 0 Å². The molecule has 100 valence electrons. The van der Waals surface area contributed by atoms with Crippen LogP contribution in [0.15, 0.2) is 33.3 Å². The van der Waals surface area contributed by atoms with Crippen molar-refractivity contribution in [3.63, 3.8) is 0 Å². The molecule has 1 amide bonds. The summed E-state index contributed by atoms with van der Waals surface area (Å²) >= 11 is 3.44. The van der Waals surface area contributed by atoms with Crippen molar-refractivity contribution in [2.24, 2.45) is 0 Å². The number of rotatable bonds is 3. The zero-order chi connectivity index (χ0) is 14.0. The van der Waals surface area contributed by atoms with Gasteiger partial charge in [0.2, 0.25) is 0 Å². The number of aromatic nitrogens is 1. The van der Waals surface area contributed by atoms with Gasteiger partial charge < -0.3 is 9.42 Å². The van der Waals surface area contributed by atoms with E-state index in [4.69, 9.17) is 4.52 Å². The summed E-state index contributed by atoms with van der Waals surface area (Å²) in [7, 11) is 1.76. The van der Waals surface area contributed by atoms with Crippen molar-refractivity contribution < 1.29 is 9.32 Å². The van der Waals surface area contributed by atoms with Gasteiger partial charge in [-0.25, -0.2) is 0 Å². The van der Waals surface area contributed by atoms with E-state index in [0.29, 0.717) is 12.1 Å². The van der Waals surface area contributed by atoms with Gasteiger partial charge in [-0.15, -0.1) is 0 Å². The lowest BCUT2D eigenvalue weighted by Crippen LogP contribution is -2.27.